The number of sulfonamides is 1. The number of amides is 1. The van der Waals surface area contributed by atoms with Gasteiger partial charge in [-0.25, -0.2) is 8.42 Å². The summed E-state index contributed by atoms with van der Waals surface area (Å²) in [5.74, 6) is -0.106. The molecule has 1 atom stereocenters. The highest BCUT2D eigenvalue weighted by molar-refractivity contribution is 7.89. The lowest BCUT2D eigenvalue weighted by molar-refractivity contribution is -0.125. The van der Waals surface area contributed by atoms with Crippen molar-refractivity contribution >= 4 is 15.9 Å². The fraction of sp³-hybridized carbons (Fsp3) is 0.682. The van der Waals surface area contributed by atoms with E-state index in [1.54, 1.807) is 6.07 Å². The van der Waals surface area contributed by atoms with E-state index in [1.807, 2.05) is 6.92 Å². The largest absolute Gasteiger partial charge is 0.507 e. The zero-order valence-electron chi connectivity index (χ0n) is 17.4. The second-order valence-electron chi connectivity index (χ2n) is 8.52. The number of phenols is 1. The Morgan fingerprint density at radius 3 is 2.41 bits per heavy atom. The first-order chi connectivity index (χ1) is 13.9. The van der Waals surface area contributed by atoms with Crippen molar-refractivity contribution in [2.24, 2.45) is 5.92 Å². The molecule has 0 bridgehead atoms. The summed E-state index contributed by atoms with van der Waals surface area (Å²) in [6, 6.07) is 4.37. The lowest BCUT2D eigenvalue weighted by atomic mass is 9.90. The summed E-state index contributed by atoms with van der Waals surface area (Å²) in [7, 11) is -3.81. The molecule has 1 amide bonds. The molecule has 3 rings (SSSR count). The van der Waals surface area contributed by atoms with Gasteiger partial charge in [-0.15, -0.1) is 0 Å². The maximum atomic E-state index is 13.2. The molecule has 1 unspecified atom stereocenters. The number of rotatable bonds is 5. The molecular weight excluding hydrogens is 388 g/mol. The first-order valence-corrected chi connectivity index (χ1v) is 12.4. The number of aromatic hydroxyl groups is 1. The maximum Gasteiger partial charge on any atom is 0.247 e. The Balaban J connectivity index is 1.68. The molecule has 29 heavy (non-hydrogen) atoms. The van der Waals surface area contributed by atoms with Gasteiger partial charge in [0.25, 0.3) is 0 Å². The third-order valence-electron chi connectivity index (χ3n) is 6.26. The summed E-state index contributed by atoms with van der Waals surface area (Å²) < 4.78 is 27.9. The topological polar surface area (TPSA) is 86.7 Å². The minimum Gasteiger partial charge on any atom is -0.507 e. The molecule has 1 aromatic carbocycles. The number of carbonyl (C=O) groups excluding carboxylic acids is 1. The van der Waals surface area contributed by atoms with Crippen LogP contribution in [0.4, 0.5) is 0 Å². The zero-order valence-corrected chi connectivity index (χ0v) is 18.2. The Kier molecular flexibility index (Phi) is 7.57. The Morgan fingerprint density at radius 1 is 1.07 bits per heavy atom. The highest BCUT2D eigenvalue weighted by Gasteiger charge is 2.35. The zero-order chi connectivity index (χ0) is 20.9. The highest BCUT2D eigenvalue weighted by Crippen LogP contribution is 2.31. The van der Waals surface area contributed by atoms with Gasteiger partial charge in [0.15, 0.2) is 0 Å². The molecule has 0 spiro atoms. The summed E-state index contributed by atoms with van der Waals surface area (Å²) in [5, 5.41) is 13.2. The highest BCUT2D eigenvalue weighted by atomic mass is 32.2. The predicted octanol–water partition coefficient (Wildman–Crippen LogP) is 3.72. The Labute approximate surface area is 174 Å². The van der Waals surface area contributed by atoms with E-state index in [9.17, 15) is 18.3 Å². The molecule has 1 heterocycles. The molecule has 1 saturated heterocycles. The number of nitrogens with one attached hydrogen (secondary N) is 1. The summed E-state index contributed by atoms with van der Waals surface area (Å²) in [4.78, 5) is 12.7. The van der Waals surface area contributed by atoms with Gasteiger partial charge in [0.1, 0.15) is 10.6 Å². The minimum absolute atomic E-state index is 0.0464. The van der Waals surface area contributed by atoms with Crippen LogP contribution in [-0.4, -0.2) is 42.9 Å². The molecule has 2 N–H and O–H groups in total. The second-order valence-corrected chi connectivity index (χ2v) is 10.4. The van der Waals surface area contributed by atoms with Crippen molar-refractivity contribution in [3.05, 3.63) is 23.8 Å². The van der Waals surface area contributed by atoms with E-state index in [0.29, 0.717) is 13.1 Å². The number of hydrogen-bond donors (Lipinski definition) is 2. The van der Waals surface area contributed by atoms with Gasteiger partial charge >= 0.3 is 0 Å². The average molecular weight is 423 g/mol. The molecule has 1 saturated carbocycles. The normalized spacial score (nSPS) is 22.6. The summed E-state index contributed by atoms with van der Waals surface area (Å²) in [6.45, 7) is 2.56. The first kappa shape index (κ1) is 22.1. The van der Waals surface area contributed by atoms with Crippen LogP contribution in [0, 0.1) is 12.8 Å². The van der Waals surface area contributed by atoms with E-state index in [1.165, 1.54) is 35.7 Å². The fourth-order valence-electron chi connectivity index (χ4n) is 4.55. The summed E-state index contributed by atoms with van der Waals surface area (Å²) >= 11 is 0. The van der Waals surface area contributed by atoms with E-state index in [4.69, 9.17) is 0 Å². The van der Waals surface area contributed by atoms with Gasteiger partial charge in [-0.05, 0) is 50.3 Å². The van der Waals surface area contributed by atoms with Crippen molar-refractivity contribution in [2.75, 3.05) is 13.1 Å². The number of benzene rings is 1. The third kappa shape index (κ3) is 5.51. The predicted molar refractivity (Wildman–Crippen MR) is 113 cm³/mol. The SMILES string of the molecule is Cc1ccc(S(=O)(=O)N2CCCCC2CNC(=O)C2CCCCCCC2)c(O)c1. The van der Waals surface area contributed by atoms with Crippen molar-refractivity contribution in [3.63, 3.8) is 0 Å². The average Bonchev–Trinajstić information content (AvgIpc) is 2.66. The van der Waals surface area contributed by atoms with Crippen LogP contribution < -0.4 is 5.32 Å². The Bertz CT molecular complexity index is 801. The van der Waals surface area contributed by atoms with Crippen LogP contribution >= 0.6 is 0 Å². The van der Waals surface area contributed by atoms with E-state index in [2.05, 4.69) is 5.32 Å². The molecule has 0 aromatic heterocycles. The molecule has 6 nitrogen and oxygen atoms in total. The van der Waals surface area contributed by atoms with Gasteiger partial charge in [0.2, 0.25) is 15.9 Å². The van der Waals surface area contributed by atoms with Crippen molar-refractivity contribution in [3.8, 4) is 5.75 Å². The number of aryl methyl sites for hydroxylation is 1. The first-order valence-electron chi connectivity index (χ1n) is 11.0. The standard InChI is InChI=1S/C22H34N2O4S/c1-17-12-13-21(20(25)15-17)29(27,28)24-14-8-7-11-19(24)16-23-22(26)18-9-5-3-2-4-6-10-18/h12-13,15,18-19,25H,2-11,14,16H2,1H3,(H,23,26). The summed E-state index contributed by atoms with van der Waals surface area (Å²) in [6.07, 6.45) is 10.1. The van der Waals surface area contributed by atoms with E-state index < -0.39 is 10.0 Å². The van der Waals surface area contributed by atoms with Crippen LogP contribution in [0.2, 0.25) is 0 Å². The molecule has 2 aliphatic rings. The van der Waals surface area contributed by atoms with Crippen LogP contribution in [0.3, 0.4) is 0 Å². The van der Waals surface area contributed by atoms with Gasteiger partial charge in [-0.3, -0.25) is 4.79 Å². The van der Waals surface area contributed by atoms with Crippen LogP contribution in [0.15, 0.2) is 23.1 Å². The van der Waals surface area contributed by atoms with Crippen molar-refractivity contribution in [1.82, 2.24) is 9.62 Å². The van der Waals surface area contributed by atoms with E-state index in [-0.39, 0.29) is 28.5 Å². The van der Waals surface area contributed by atoms with Crippen molar-refractivity contribution in [2.45, 2.75) is 82.1 Å². The van der Waals surface area contributed by atoms with Gasteiger partial charge in [0.05, 0.1) is 0 Å². The third-order valence-corrected chi connectivity index (χ3v) is 8.26. The number of carbonyl (C=O) groups is 1. The van der Waals surface area contributed by atoms with Crippen LogP contribution in [0.1, 0.15) is 69.8 Å². The van der Waals surface area contributed by atoms with Gasteiger partial charge in [0, 0.05) is 25.0 Å². The molecule has 7 heteroatoms. The van der Waals surface area contributed by atoms with Crippen LogP contribution in [-0.2, 0) is 14.8 Å². The maximum absolute atomic E-state index is 13.2. The van der Waals surface area contributed by atoms with Gasteiger partial charge in [-0.1, -0.05) is 44.6 Å². The number of piperidine rings is 1. The number of nitrogens with zero attached hydrogens (tertiary/aromatic N) is 1. The van der Waals surface area contributed by atoms with Crippen LogP contribution in [0.25, 0.3) is 0 Å². The molecule has 1 aromatic rings. The lowest BCUT2D eigenvalue weighted by Gasteiger charge is -2.35. The fourth-order valence-corrected chi connectivity index (χ4v) is 6.31. The molecule has 1 aliphatic carbocycles. The monoisotopic (exact) mass is 422 g/mol. The number of phenolic OH excluding ortho intramolecular Hbond substituents is 1. The quantitative estimate of drug-likeness (QED) is 0.757. The molecular formula is C22H34N2O4S. The Hall–Kier alpha value is -1.60. The van der Waals surface area contributed by atoms with Crippen LogP contribution in [0.5, 0.6) is 5.75 Å². The molecule has 162 valence electrons. The number of hydrogen-bond acceptors (Lipinski definition) is 4. The van der Waals surface area contributed by atoms with Crippen molar-refractivity contribution < 1.29 is 18.3 Å². The van der Waals surface area contributed by atoms with Gasteiger partial charge < -0.3 is 10.4 Å². The minimum atomic E-state index is -3.81. The summed E-state index contributed by atoms with van der Waals surface area (Å²) in [5.41, 5.74) is 0.808. The Morgan fingerprint density at radius 2 is 1.72 bits per heavy atom. The lowest BCUT2D eigenvalue weighted by Crippen LogP contribution is -2.50. The molecule has 2 fully saturated rings. The van der Waals surface area contributed by atoms with Gasteiger partial charge in [-0.2, -0.15) is 4.31 Å². The smallest absolute Gasteiger partial charge is 0.247 e. The molecule has 1 aliphatic heterocycles. The second kappa shape index (κ2) is 9.94. The van der Waals surface area contributed by atoms with E-state index in [0.717, 1.165) is 50.5 Å². The molecule has 0 radical (unpaired) electrons. The van der Waals surface area contributed by atoms with E-state index >= 15 is 0 Å². The van der Waals surface area contributed by atoms with Crippen molar-refractivity contribution in [1.29, 1.82) is 0 Å².